The van der Waals surface area contributed by atoms with Crippen molar-refractivity contribution in [2.75, 3.05) is 39.6 Å². The summed E-state index contributed by atoms with van der Waals surface area (Å²) in [4.78, 5) is 72.0. The number of carbonyl (C=O) groups is 4. The van der Waals surface area contributed by atoms with Gasteiger partial charge in [0, 0.05) is 25.7 Å². The molecule has 0 amide bonds. The van der Waals surface area contributed by atoms with Gasteiger partial charge in [0.1, 0.15) is 19.3 Å². The van der Waals surface area contributed by atoms with E-state index in [1.807, 2.05) is 0 Å². The van der Waals surface area contributed by atoms with Gasteiger partial charge in [-0.15, -0.1) is 0 Å². The molecule has 0 fully saturated rings. The van der Waals surface area contributed by atoms with Crippen LogP contribution in [0.5, 0.6) is 0 Å². The number of aliphatic hydroxyl groups is 1. The first-order valence-electron chi connectivity index (χ1n) is 32.5. The summed E-state index contributed by atoms with van der Waals surface area (Å²) in [7, 11) is -9.88. The van der Waals surface area contributed by atoms with Gasteiger partial charge in [0.2, 0.25) is 0 Å². The second-order valence-electron chi connectivity index (χ2n) is 23.4. The van der Waals surface area contributed by atoms with Gasteiger partial charge in [0.25, 0.3) is 0 Å². The van der Waals surface area contributed by atoms with Gasteiger partial charge >= 0.3 is 39.5 Å². The zero-order valence-electron chi connectivity index (χ0n) is 52.1. The summed E-state index contributed by atoms with van der Waals surface area (Å²) in [6, 6.07) is 0. The average molecular weight is 1200 g/mol. The Morgan fingerprint density at radius 3 is 0.840 bits per heavy atom. The van der Waals surface area contributed by atoms with Crippen molar-refractivity contribution in [3.8, 4) is 0 Å². The normalized spacial score (nSPS) is 14.4. The van der Waals surface area contributed by atoms with Crippen LogP contribution in [0.1, 0.15) is 305 Å². The minimum absolute atomic E-state index is 0.105. The monoisotopic (exact) mass is 1200 g/mol. The number of hydrogen-bond donors (Lipinski definition) is 3. The highest BCUT2D eigenvalue weighted by Gasteiger charge is 2.30. The molecule has 0 aromatic carbocycles. The summed E-state index contributed by atoms with van der Waals surface area (Å²) in [5.41, 5.74) is 0. The van der Waals surface area contributed by atoms with Crippen LogP contribution in [-0.4, -0.2) is 96.7 Å². The highest BCUT2D eigenvalue weighted by Crippen LogP contribution is 2.45. The molecule has 0 aliphatic rings. The van der Waals surface area contributed by atoms with E-state index in [4.69, 9.17) is 37.0 Å². The topological polar surface area (TPSA) is 237 Å². The molecular weight excluding hydrogens is 1080 g/mol. The maximum atomic E-state index is 13.0. The highest BCUT2D eigenvalue weighted by molar-refractivity contribution is 7.47. The Bertz CT molecular complexity index is 1600. The van der Waals surface area contributed by atoms with Crippen molar-refractivity contribution in [1.82, 2.24) is 0 Å². The predicted octanol–water partition coefficient (Wildman–Crippen LogP) is 16.9. The van der Waals surface area contributed by atoms with Crippen molar-refractivity contribution >= 4 is 39.5 Å². The van der Waals surface area contributed by atoms with Gasteiger partial charge in [-0.1, -0.05) is 253 Å². The van der Waals surface area contributed by atoms with Crippen LogP contribution in [0.3, 0.4) is 0 Å². The summed E-state index contributed by atoms with van der Waals surface area (Å²) < 4.78 is 67.8. The molecule has 0 saturated carbocycles. The van der Waals surface area contributed by atoms with Crippen LogP contribution in [0, 0.1) is 11.8 Å². The van der Waals surface area contributed by atoms with Gasteiger partial charge in [0.15, 0.2) is 12.2 Å². The number of rotatable bonds is 61. The third-order valence-corrected chi connectivity index (χ3v) is 16.1. The van der Waals surface area contributed by atoms with Crippen molar-refractivity contribution in [3.63, 3.8) is 0 Å². The van der Waals surface area contributed by atoms with Crippen molar-refractivity contribution in [3.05, 3.63) is 0 Å². The standard InChI is InChI=1S/C62H120O17P2/c1-7-9-11-13-15-19-28-34-40-46-61(66)78-57(50-72-59(64)44-38-32-24-14-12-10-8-2)52-76-80(68,69)74-48-56(63)49-75-81(70,71)77-53-58(51-73-60(65)45-39-33-27-23-18-21-26-31-37-43-55(5)6)79-62(67)47-41-35-29-22-17-16-20-25-30-36-42-54(3)4/h54-58,63H,7-53H2,1-6H3,(H,68,69)(H,70,71)/t56-,57+,58+/m0/s1. The minimum Gasteiger partial charge on any atom is -0.462 e. The molecular formula is C62H120O17P2. The van der Waals surface area contributed by atoms with Crippen LogP contribution in [0.2, 0.25) is 0 Å². The number of phosphoric ester groups is 2. The van der Waals surface area contributed by atoms with E-state index >= 15 is 0 Å². The van der Waals surface area contributed by atoms with Gasteiger partial charge in [-0.05, 0) is 37.5 Å². The fourth-order valence-electron chi connectivity index (χ4n) is 9.18. The van der Waals surface area contributed by atoms with Crippen LogP contribution in [-0.2, 0) is 65.4 Å². The molecule has 0 saturated heterocycles. The molecule has 5 atom stereocenters. The lowest BCUT2D eigenvalue weighted by molar-refractivity contribution is -0.161. The Morgan fingerprint density at radius 2 is 0.568 bits per heavy atom. The van der Waals surface area contributed by atoms with E-state index in [0.29, 0.717) is 25.7 Å². The largest absolute Gasteiger partial charge is 0.472 e. The maximum Gasteiger partial charge on any atom is 0.472 e. The number of esters is 4. The molecule has 0 rings (SSSR count). The molecule has 2 unspecified atom stereocenters. The Hall–Kier alpha value is -1.94. The maximum absolute atomic E-state index is 13.0. The predicted molar refractivity (Wildman–Crippen MR) is 321 cm³/mol. The van der Waals surface area contributed by atoms with Gasteiger partial charge < -0.3 is 33.8 Å². The zero-order chi connectivity index (χ0) is 60.1. The summed E-state index contributed by atoms with van der Waals surface area (Å²) in [5, 5.41) is 10.5. The molecule has 0 heterocycles. The smallest absolute Gasteiger partial charge is 0.462 e. The Balaban J connectivity index is 5.22. The van der Waals surface area contributed by atoms with Crippen LogP contribution in [0.25, 0.3) is 0 Å². The molecule has 480 valence electrons. The van der Waals surface area contributed by atoms with Crippen LogP contribution >= 0.6 is 15.6 Å². The second-order valence-corrected chi connectivity index (χ2v) is 26.3. The van der Waals surface area contributed by atoms with E-state index in [1.54, 1.807) is 0 Å². The lowest BCUT2D eigenvalue weighted by atomic mass is 10.0. The average Bonchev–Trinajstić information content (AvgIpc) is 3.42. The van der Waals surface area contributed by atoms with E-state index in [2.05, 4.69) is 41.5 Å². The number of hydrogen-bond acceptors (Lipinski definition) is 15. The molecule has 3 N–H and O–H groups in total. The van der Waals surface area contributed by atoms with Gasteiger partial charge in [-0.2, -0.15) is 0 Å². The Kier molecular flexibility index (Phi) is 53.4. The van der Waals surface area contributed by atoms with Crippen LogP contribution in [0.4, 0.5) is 0 Å². The Labute approximate surface area is 492 Å². The molecule has 0 bridgehead atoms. The van der Waals surface area contributed by atoms with E-state index in [9.17, 15) is 43.2 Å². The van der Waals surface area contributed by atoms with Crippen molar-refractivity contribution in [1.29, 1.82) is 0 Å². The quantitative estimate of drug-likeness (QED) is 0.0222. The van der Waals surface area contributed by atoms with Crippen molar-refractivity contribution in [2.45, 2.75) is 323 Å². The highest BCUT2D eigenvalue weighted by atomic mass is 31.2. The van der Waals surface area contributed by atoms with E-state index in [-0.39, 0.29) is 25.7 Å². The van der Waals surface area contributed by atoms with E-state index < -0.39 is 97.5 Å². The summed E-state index contributed by atoms with van der Waals surface area (Å²) in [6.07, 6.45) is 36.3. The number of aliphatic hydroxyl groups excluding tert-OH is 1. The Morgan fingerprint density at radius 1 is 0.333 bits per heavy atom. The first-order chi connectivity index (χ1) is 38.9. The zero-order valence-corrected chi connectivity index (χ0v) is 53.9. The fraction of sp³-hybridized carbons (Fsp3) is 0.935. The van der Waals surface area contributed by atoms with Gasteiger partial charge in [-0.25, -0.2) is 9.13 Å². The van der Waals surface area contributed by atoms with Gasteiger partial charge in [-0.3, -0.25) is 37.3 Å². The third kappa shape index (κ3) is 56.9. The van der Waals surface area contributed by atoms with Crippen LogP contribution < -0.4 is 0 Å². The van der Waals surface area contributed by atoms with Crippen molar-refractivity contribution < 1.29 is 80.2 Å². The SMILES string of the molecule is CCCCCCCCCCCC(=O)O[C@H](COC(=O)CCCCCCCCC)COP(=O)(O)OC[C@H](O)COP(=O)(O)OC[C@@H](COC(=O)CCCCCCCCCCCC(C)C)OC(=O)CCCCCCCCCCCCC(C)C. The molecule has 19 heteroatoms. The fourth-order valence-corrected chi connectivity index (χ4v) is 10.8. The number of ether oxygens (including phenoxy) is 4. The molecule has 17 nitrogen and oxygen atoms in total. The third-order valence-electron chi connectivity index (χ3n) is 14.2. The van der Waals surface area contributed by atoms with E-state index in [0.717, 1.165) is 115 Å². The van der Waals surface area contributed by atoms with Crippen molar-refractivity contribution in [2.24, 2.45) is 11.8 Å². The molecule has 81 heavy (non-hydrogen) atoms. The summed E-state index contributed by atoms with van der Waals surface area (Å²) in [5.74, 6) is -0.646. The lowest BCUT2D eigenvalue weighted by Crippen LogP contribution is -2.30. The lowest BCUT2D eigenvalue weighted by Gasteiger charge is -2.21. The molecule has 0 aromatic rings. The van der Waals surface area contributed by atoms with Crippen LogP contribution in [0.15, 0.2) is 0 Å². The molecule has 0 aliphatic carbocycles. The number of unbranched alkanes of at least 4 members (excludes halogenated alkanes) is 31. The minimum atomic E-state index is -4.94. The molecule has 0 spiro atoms. The van der Waals surface area contributed by atoms with E-state index in [1.165, 1.54) is 109 Å². The number of phosphoric acid groups is 2. The summed E-state index contributed by atoms with van der Waals surface area (Å²) in [6.45, 7) is 9.39. The molecule has 0 aromatic heterocycles. The first-order valence-corrected chi connectivity index (χ1v) is 35.5. The summed E-state index contributed by atoms with van der Waals surface area (Å²) >= 11 is 0. The number of carbonyl (C=O) groups excluding carboxylic acids is 4. The first kappa shape index (κ1) is 79.1. The van der Waals surface area contributed by atoms with Gasteiger partial charge in [0.05, 0.1) is 26.4 Å². The molecule has 0 radical (unpaired) electrons. The molecule has 0 aliphatic heterocycles. The second kappa shape index (κ2) is 54.7.